The minimum atomic E-state index is -0.318. The number of fused-ring (bicyclic) bond motifs is 7. The van der Waals surface area contributed by atoms with Crippen LogP contribution in [0, 0.1) is 0 Å². The molecule has 5 nitrogen and oxygen atoms in total. The van der Waals surface area contributed by atoms with Gasteiger partial charge in [-0.05, 0) is 71.3 Å². The molecule has 1 aliphatic rings. The summed E-state index contributed by atoms with van der Waals surface area (Å²) >= 11 is 0. The molecular formula is C45H30N4O. The highest BCUT2D eigenvalue weighted by Gasteiger charge is 2.23. The zero-order valence-electron chi connectivity index (χ0n) is 27.0. The molecule has 0 amide bonds. The molecule has 1 unspecified atom stereocenters. The third-order valence-electron chi connectivity index (χ3n) is 9.64. The van der Waals surface area contributed by atoms with E-state index in [9.17, 15) is 0 Å². The maximum Gasteiger partial charge on any atom is 0.159 e. The molecule has 7 aromatic carbocycles. The van der Waals surface area contributed by atoms with E-state index in [4.69, 9.17) is 14.4 Å². The number of hydrogen-bond donors (Lipinski definition) is 1. The van der Waals surface area contributed by atoms with Crippen LogP contribution >= 0.6 is 0 Å². The summed E-state index contributed by atoms with van der Waals surface area (Å²) in [7, 11) is 0. The lowest BCUT2D eigenvalue weighted by Crippen LogP contribution is -2.33. The Kier molecular flexibility index (Phi) is 6.49. The maximum absolute atomic E-state index is 6.70. The van der Waals surface area contributed by atoms with Gasteiger partial charge in [-0.15, -0.1) is 0 Å². The van der Waals surface area contributed by atoms with E-state index in [0.717, 1.165) is 72.1 Å². The summed E-state index contributed by atoms with van der Waals surface area (Å²) < 4.78 is 9.02. The zero-order valence-corrected chi connectivity index (χ0v) is 27.0. The van der Waals surface area contributed by atoms with Crippen molar-refractivity contribution in [3.63, 3.8) is 0 Å². The van der Waals surface area contributed by atoms with Crippen molar-refractivity contribution in [3.05, 3.63) is 187 Å². The molecule has 0 saturated carbocycles. The SMILES string of the molecule is c1ccc(C2=NC(c3cccc(-c4ccccc4)c3)NC(c3ccc4oc5c(ccc6c5c5ccccc5n6-c5ccccc5)c4c3)=N2)cc1. The standard InChI is InChI=1S/C45H30N4O/c1-4-13-29(14-5-1)31-17-12-18-32(27-31)44-46-43(30-15-6-2-7-16-30)47-45(48-44)33-23-26-40-37(28-33)35-24-25-39-41(42(35)50-40)36-21-10-11-22-38(36)49(39)34-19-8-3-9-20-34/h1-28,44H,(H,46,47,48). The fourth-order valence-electron chi connectivity index (χ4n) is 7.29. The Morgan fingerprint density at radius 3 is 2.06 bits per heavy atom. The number of aromatic nitrogens is 1. The van der Waals surface area contributed by atoms with E-state index < -0.39 is 0 Å². The highest BCUT2D eigenvalue weighted by atomic mass is 16.3. The van der Waals surface area contributed by atoms with Gasteiger partial charge >= 0.3 is 0 Å². The quantitative estimate of drug-likeness (QED) is 0.203. The summed E-state index contributed by atoms with van der Waals surface area (Å²) in [6.45, 7) is 0. The summed E-state index contributed by atoms with van der Waals surface area (Å²) in [5.74, 6) is 1.47. The first-order valence-electron chi connectivity index (χ1n) is 16.9. The van der Waals surface area contributed by atoms with Crippen LogP contribution in [0.15, 0.2) is 184 Å². The molecule has 0 spiro atoms. The average Bonchev–Trinajstić information content (AvgIpc) is 3.74. The lowest BCUT2D eigenvalue weighted by atomic mass is 10.0. The van der Waals surface area contributed by atoms with Crippen LogP contribution in [0.4, 0.5) is 0 Å². The van der Waals surface area contributed by atoms with E-state index in [-0.39, 0.29) is 6.17 Å². The largest absolute Gasteiger partial charge is 0.455 e. The third-order valence-corrected chi connectivity index (χ3v) is 9.64. The number of furan rings is 1. The second kappa shape index (κ2) is 11.5. The van der Waals surface area contributed by atoms with Gasteiger partial charge in [-0.25, -0.2) is 9.98 Å². The summed E-state index contributed by atoms with van der Waals surface area (Å²) in [5.41, 5.74) is 10.5. The van der Waals surface area contributed by atoms with Crippen LogP contribution in [-0.4, -0.2) is 16.2 Å². The van der Waals surface area contributed by atoms with Crippen molar-refractivity contribution in [1.29, 1.82) is 0 Å². The molecule has 1 atom stereocenters. The van der Waals surface area contributed by atoms with Crippen LogP contribution in [0.25, 0.3) is 60.6 Å². The molecule has 0 radical (unpaired) electrons. The van der Waals surface area contributed by atoms with Crippen LogP contribution in [0.5, 0.6) is 0 Å². The highest BCUT2D eigenvalue weighted by molar-refractivity contribution is 6.24. The van der Waals surface area contributed by atoms with Gasteiger partial charge in [0.15, 0.2) is 5.84 Å². The molecule has 0 bridgehead atoms. The van der Waals surface area contributed by atoms with Gasteiger partial charge in [-0.2, -0.15) is 0 Å². The van der Waals surface area contributed by atoms with Gasteiger partial charge < -0.3 is 14.3 Å². The second-order valence-electron chi connectivity index (χ2n) is 12.7. The van der Waals surface area contributed by atoms with Crippen molar-refractivity contribution < 1.29 is 4.42 Å². The molecule has 10 rings (SSSR count). The number of benzene rings is 7. The first kappa shape index (κ1) is 28.3. The van der Waals surface area contributed by atoms with Crippen LogP contribution in [0.2, 0.25) is 0 Å². The topological polar surface area (TPSA) is 54.8 Å². The van der Waals surface area contributed by atoms with E-state index in [0.29, 0.717) is 5.84 Å². The van der Waals surface area contributed by atoms with Crippen LogP contribution in [-0.2, 0) is 0 Å². The molecule has 50 heavy (non-hydrogen) atoms. The molecule has 0 aliphatic carbocycles. The Bertz CT molecular complexity index is 2780. The Morgan fingerprint density at radius 1 is 0.520 bits per heavy atom. The van der Waals surface area contributed by atoms with E-state index in [2.05, 4.69) is 155 Å². The van der Waals surface area contributed by atoms with Crippen LogP contribution < -0.4 is 5.32 Å². The van der Waals surface area contributed by atoms with Gasteiger partial charge in [0, 0.05) is 33.0 Å². The van der Waals surface area contributed by atoms with Gasteiger partial charge in [-0.3, -0.25) is 0 Å². The maximum atomic E-state index is 6.70. The van der Waals surface area contributed by atoms with Gasteiger partial charge in [0.05, 0.1) is 16.4 Å². The van der Waals surface area contributed by atoms with E-state index in [1.54, 1.807) is 0 Å². The lowest BCUT2D eigenvalue weighted by molar-refractivity contribution is 0.671. The first-order valence-corrected chi connectivity index (χ1v) is 16.9. The third kappa shape index (κ3) is 4.63. The molecule has 0 saturated heterocycles. The van der Waals surface area contributed by atoms with Crippen molar-refractivity contribution in [1.82, 2.24) is 9.88 Å². The van der Waals surface area contributed by atoms with Gasteiger partial charge in [-0.1, -0.05) is 115 Å². The summed E-state index contributed by atoms with van der Waals surface area (Å²) in [6, 6.07) is 59.1. The lowest BCUT2D eigenvalue weighted by Gasteiger charge is -2.24. The summed E-state index contributed by atoms with van der Waals surface area (Å²) in [4.78, 5) is 10.2. The van der Waals surface area contributed by atoms with Crippen molar-refractivity contribution >= 4 is 55.4 Å². The molecule has 236 valence electrons. The Morgan fingerprint density at radius 2 is 1.24 bits per heavy atom. The molecule has 0 fully saturated rings. The predicted molar refractivity (Wildman–Crippen MR) is 205 cm³/mol. The monoisotopic (exact) mass is 642 g/mol. The summed E-state index contributed by atoms with van der Waals surface area (Å²) in [5, 5.41) is 8.08. The number of hydrogen-bond acceptors (Lipinski definition) is 4. The normalized spacial score (nSPS) is 14.6. The van der Waals surface area contributed by atoms with Crippen LogP contribution in [0.1, 0.15) is 22.9 Å². The number of rotatable bonds is 5. The van der Waals surface area contributed by atoms with Crippen LogP contribution in [0.3, 0.4) is 0 Å². The molecule has 1 N–H and O–H groups in total. The van der Waals surface area contributed by atoms with E-state index in [1.807, 2.05) is 24.3 Å². The minimum Gasteiger partial charge on any atom is -0.455 e. The smallest absolute Gasteiger partial charge is 0.159 e. The number of aliphatic imine (C=N–C) groups is 2. The fourth-order valence-corrected chi connectivity index (χ4v) is 7.29. The Hall–Kier alpha value is -6.72. The Balaban J connectivity index is 1.12. The van der Waals surface area contributed by atoms with Gasteiger partial charge in [0.2, 0.25) is 0 Å². The van der Waals surface area contributed by atoms with Crippen molar-refractivity contribution in [2.75, 3.05) is 0 Å². The molecule has 2 aromatic heterocycles. The van der Waals surface area contributed by atoms with Crippen molar-refractivity contribution in [2.24, 2.45) is 9.98 Å². The molecule has 9 aromatic rings. The van der Waals surface area contributed by atoms with Crippen molar-refractivity contribution in [2.45, 2.75) is 6.17 Å². The zero-order chi connectivity index (χ0) is 33.0. The minimum absolute atomic E-state index is 0.318. The number of nitrogens with zero attached hydrogens (tertiary/aromatic N) is 3. The van der Waals surface area contributed by atoms with Crippen molar-refractivity contribution in [3.8, 4) is 16.8 Å². The van der Waals surface area contributed by atoms with Gasteiger partial charge in [0.1, 0.15) is 23.2 Å². The number of nitrogens with one attached hydrogen (secondary N) is 1. The second-order valence-corrected chi connectivity index (χ2v) is 12.7. The highest BCUT2D eigenvalue weighted by Crippen LogP contribution is 2.41. The number of para-hydroxylation sites is 2. The molecular weight excluding hydrogens is 613 g/mol. The first-order chi connectivity index (χ1) is 24.8. The van der Waals surface area contributed by atoms with E-state index >= 15 is 0 Å². The fraction of sp³-hybridized carbons (Fsp3) is 0.0222. The van der Waals surface area contributed by atoms with Gasteiger partial charge in [0.25, 0.3) is 0 Å². The molecule has 3 heterocycles. The predicted octanol–water partition coefficient (Wildman–Crippen LogP) is 10.8. The average molecular weight is 643 g/mol. The number of amidine groups is 2. The van der Waals surface area contributed by atoms with E-state index in [1.165, 1.54) is 10.9 Å². The summed E-state index contributed by atoms with van der Waals surface area (Å²) in [6.07, 6.45) is -0.318. The molecule has 1 aliphatic heterocycles. The Labute approximate surface area is 288 Å². The molecule has 5 heteroatoms.